The highest BCUT2D eigenvalue weighted by atomic mass is 32.1. The number of aromatic hydroxyl groups is 2. The fourth-order valence-electron chi connectivity index (χ4n) is 2.04. The highest BCUT2D eigenvalue weighted by Gasteiger charge is 2.13. The molecule has 0 saturated heterocycles. The third-order valence-corrected chi connectivity index (χ3v) is 3.77. The largest absolute Gasteiger partial charge is 0.508 e. The molecule has 0 amide bonds. The van der Waals surface area contributed by atoms with Crippen molar-refractivity contribution in [1.29, 1.82) is 0 Å². The van der Waals surface area contributed by atoms with Crippen LogP contribution >= 0.6 is 11.3 Å². The van der Waals surface area contributed by atoms with Gasteiger partial charge in [-0.3, -0.25) is 0 Å². The van der Waals surface area contributed by atoms with Crippen LogP contribution in [0.4, 0.5) is 11.4 Å². The van der Waals surface area contributed by atoms with E-state index in [2.05, 4.69) is 0 Å². The lowest BCUT2D eigenvalue weighted by molar-refractivity contribution is 0.455. The lowest BCUT2D eigenvalue weighted by Gasteiger charge is -2.01. The fourth-order valence-corrected chi connectivity index (χ4v) is 3.29. The average molecular weight is 246 g/mol. The van der Waals surface area contributed by atoms with Crippen LogP contribution in [0.5, 0.6) is 11.5 Å². The van der Waals surface area contributed by atoms with E-state index in [-0.39, 0.29) is 11.5 Å². The lowest BCUT2D eigenvalue weighted by atomic mass is 10.1. The molecule has 86 valence electrons. The van der Waals surface area contributed by atoms with Crippen molar-refractivity contribution in [3.05, 3.63) is 24.3 Å². The van der Waals surface area contributed by atoms with Crippen molar-refractivity contribution in [2.24, 2.45) is 0 Å². The zero-order valence-electron chi connectivity index (χ0n) is 8.77. The maximum absolute atomic E-state index is 9.89. The topological polar surface area (TPSA) is 92.5 Å². The number of thiophene rings is 1. The highest BCUT2D eigenvalue weighted by Crippen LogP contribution is 2.44. The van der Waals surface area contributed by atoms with Gasteiger partial charge in [0.05, 0.1) is 0 Å². The molecule has 5 heteroatoms. The van der Waals surface area contributed by atoms with Gasteiger partial charge < -0.3 is 21.7 Å². The number of anilines is 2. The molecule has 0 bridgehead atoms. The molecule has 3 aromatic rings. The second-order valence-corrected chi connectivity index (χ2v) is 5.01. The Labute approximate surface area is 101 Å². The van der Waals surface area contributed by atoms with E-state index >= 15 is 0 Å². The van der Waals surface area contributed by atoms with Crippen molar-refractivity contribution in [2.45, 2.75) is 0 Å². The molecule has 2 aromatic carbocycles. The minimum Gasteiger partial charge on any atom is -0.508 e. The normalized spacial score (nSPS) is 11.3. The van der Waals surface area contributed by atoms with Crippen molar-refractivity contribution >= 4 is 42.9 Å². The van der Waals surface area contributed by atoms with Crippen LogP contribution in [0.15, 0.2) is 24.3 Å². The van der Waals surface area contributed by atoms with Gasteiger partial charge in [-0.1, -0.05) is 0 Å². The first-order valence-corrected chi connectivity index (χ1v) is 5.81. The average Bonchev–Trinajstić information content (AvgIpc) is 2.55. The van der Waals surface area contributed by atoms with E-state index in [0.717, 1.165) is 14.8 Å². The molecule has 6 N–H and O–H groups in total. The molecule has 0 atom stereocenters. The molecule has 0 fully saturated rings. The molecular formula is C12H10N2O2S. The summed E-state index contributed by atoms with van der Waals surface area (Å²) in [6, 6.07) is 6.40. The predicted molar refractivity (Wildman–Crippen MR) is 71.5 cm³/mol. The van der Waals surface area contributed by atoms with Gasteiger partial charge >= 0.3 is 0 Å². The maximum atomic E-state index is 9.89. The number of rotatable bonds is 0. The molecule has 0 aliphatic carbocycles. The molecule has 0 saturated carbocycles. The molecule has 0 unspecified atom stereocenters. The number of phenolic OH excluding ortho intramolecular Hbond substituents is 2. The summed E-state index contributed by atoms with van der Waals surface area (Å²) in [4.78, 5) is 0. The zero-order valence-corrected chi connectivity index (χ0v) is 9.58. The molecule has 1 aromatic heterocycles. The SMILES string of the molecule is Nc1cc(N)c2c(c1)sc1cc(O)cc(O)c12. The van der Waals surface area contributed by atoms with E-state index in [0.29, 0.717) is 16.8 Å². The number of hydrogen-bond donors (Lipinski definition) is 4. The monoisotopic (exact) mass is 246 g/mol. The van der Waals surface area contributed by atoms with Crippen LogP contribution < -0.4 is 11.5 Å². The van der Waals surface area contributed by atoms with Crippen LogP contribution in [0.25, 0.3) is 20.2 Å². The Morgan fingerprint density at radius 1 is 0.882 bits per heavy atom. The molecule has 0 aliphatic rings. The highest BCUT2D eigenvalue weighted by molar-refractivity contribution is 7.26. The number of hydrogen-bond acceptors (Lipinski definition) is 5. The van der Waals surface area contributed by atoms with Crippen LogP contribution in [0.2, 0.25) is 0 Å². The van der Waals surface area contributed by atoms with Gasteiger partial charge in [-0.2, -0.15) is 0 Å². The van der Waals surface area contributed by atoms with Crippen LogP contribution in [-0.4, -0.2) is 10.2 Å². The molecule has 4 nitrogen and oxygen atoms in total. The molecule has 0 spiro atoms. The molecular weight excluding hydrogens is 236 g/mol. The summed E-state index contributed by atoms with van der Waals surface area (Å²) in [5.74, 6) is 0.0656. The Morgan fingerprint density at radius 2 is 1.59 bits per heavy atom. The van der Waals surface area contributed by atoms with Crippen molar-refractivity contribution in [3.63, 3.8) is 0 Å². The molecule has 1 heterocycles. The fraction of sp³-hybridized carbons (Fsp3) is 0. The minimum absolute atomic E-state index is 0.0303. The van der Waals surface area contributed by atoms with Crippen LogP contribution in [0, 0.1) is 0 Å². The van der Waals surface area contributed by atoms with E-state index in [4.69, 9.17) is 11.5 Å². The number of phenols is 2. The van der Waals surface area contributed by atoms with Crippen LogP contribution in [-0.2, 0) is 0 Å². The van der Waals surface area contributed by atoms with E-state index in [9.17, 15) is 10.2 Å². The van der Waals surface area contributed by atoms with E-state index < -0.39 is 0 Å². The minimum atomic E-state index is 0.0303. The lowest BCUT2D eigenvalue weighted by Crippen LogP contribution is -1.89. The molecule has 0 aliphatic heterocycles. The first-order valence-electron chi connectivity index (χ1n) is 4.99. The summed E-state index contributed by atoms with van der Waals surface area (Å²) in [7, 11) is 0. The Morgan fingerprint density at radius 3 is 2.35 bits per heavy atom. The number of fused-ring (bicyclic) bond motifs is 3. The summed E-state index contributed by atoms with van der Waals surface area (Å²) < 4.78 is 1.69. The first kappa shape index (κ1) is 10.0. The van der Waals surface area contributed by atoms with Crippen molar-refractivity contribution in [3.8, 4) is 11.5 Å². The Bertz CT molecular complexity index is 687. The van der Waals surface area contributed by atoms with Crippen molar-refractivity contribution in [1.82, 2.24) is 0 Å². The summed E-state index contributed by atoms with van der Waals surface area (Å²) in [5.41, 5.74) is 12.8. The maximum Gasteiger partial charge on any atom is 0.128 e. The second kappa shape index (κ2) is 3.18. The third-order valence-electron chi connectivity index (χ3n) is 2.69. The zero-order chi connectivity index (χ0) is 12.2. The van der Waals surface area contributed by atoms with Crippen LogP contribution in [0.3, 0.4) is 0 Å². The van der Waals surface area contributed by atoms with E-state index in [1.54, 1.807) is 12.1 Å². The quantitative estimate of drug-likeness (QED) is 0.459. The van der Waals surface area contributed by atoms with Gasteiger partial charge in [-0.15, -0.1) is 11.3 Å². The van der Waals surface area contributed by atoms with Gasteiger partial charge in [-0.05, 0) is 18.2 Å². The predicted octanol–water partition coefficient (Wildman–Crippen LogP) is 2.63. The summed E-state index contributed by atoms with van der Waals surface area (Å²) >= 11 is 1.44. The molecule has 17 heavy (non-hydrogen) atoms. The van der Waals surface area contributed by atoms with Crippen molar-refractivity contribution in [2.75, 3.05) is 11.5 Å². The van der Waals surface area contributed by atoms with E-state index in [1.807, 2.05) is 6.07 Å². The van der Waals surface area contributed by atoms with E-state index in [1.165, 1.54) is 17.4 Å². The van der Waals surface area contributed by atoms with Crippen molar-refractivity contribution < 1.29 is 10.2 Å². The van der Waals surface area contributed by atoms with Gasteiger partial charge in [0, 0.05) is 37.6 Å². The Balaban J connectivity index is 2.60. The number of benzene rings is 2. The van der Waals surface area contributed by atoms with Crippen LogP contribution in [0.1, 0.15) is 0 Å². The third kappa shape index (κ3) is 1.36. The van der Waals surface area contributed by atoms with Gasteiger partial charge in [-0.25, -0.2) is 0 Å². The summed E-state index contributed by atoms with van der Waals surface area (Å²) in [6.45, 7) is 0. The number of nitrogen functional groups attached to an aromatic ring is 2. The number of nitrogens with two attached hydrogens (primary N) is 2. The smallest absolute Gasteiger partial charge is 0.128 e. The standard InChI is InChI=1S/C12H10N2O2S/c13-5-1-7(14)11-9(2-5)17-10-4-6(15)3-8(16)12(10)11/h1-4,15-16H,13-14H2. The van der Waals surface area contributed by atoms with Gasteiger partial charge in [0.1, 0.15) is 11.5 Å². The summed E-state index contributed by atoms with van der Waals surface area (Å²) in [6.07, 6.45) is 0. The van der Waals surface area contributed by atoms with Gasteiger partial charge in [0.15, 0.2) is 0 Å². The van der Waals surface area contributed by atoms with Gasteiger partial charge in [0.25, 0.3) is 0 Å². The summed E-state index contributed by atoms with van der Waals surface area (Å²) in [5, 5.41) is 20.8. The Kier molecular flexibility index (Phi) is 1.88. The molecule has 0 radical (unpaired) electrons. The first-order chi connectivity index (χ1) is 8.06. The second-order valence-electron chi connectivity index (χ2n) is 3.92. The Hall–Kier alpha value is -2.14. The molecule has 3 rings (SSSR count). The van der Waals surface area contributed by atoms with Gasteiger partial charge in [0.2, 0.25) is 0 Å².